The van der Waals surface area contributed by atoms with Crippen molar-refractivity contribution in [1.82, 2.24) is 9.55 Å². The summed E-state index contributed by atoms with van der Waals surface area (Å²) in [6.45, 7) is 0. The van der Waals surface area contributed by atoms with Crippen molar-refractivity contribution in [1.29, 1.82) is 0 Å². The Balaban J connectivity index is 1.99. The number of fused-ring (bicyclic) bond motifs is 1. The fraction of sp³-hybridized carbons (Fsp3) is 0. The summed E-state index contributed by atoms with van der Waals surface area (Å²) in [5, 5.41) is 20.5. The van der Waals surface area contributed by atoms with Gasteiger partial charge in [0, 0.05) is 17.7 Å². The number of aromatic nitrogens is 2. The Morgan fingerprint density at radius 3 is 2.24 bits per heavy atom. The predicted molar refractivity (Wildman–Crippen MR) is 106 cm³/mol. The van der Waals surface area contributed by atoms with E-state index >= 15 is 0 Å². The van der Waals surface area contributed by atoms with Crippen LogP contribution in [0, 0.1) is 10.1 Å². The number of carboxylic acids is 1. The van der Waals surface area contributed by atoms with Crippen molar-refractivity contribution >= 4 is 22.6 Å². The molecule has 8 nitrogen and oxygen atoms in total. The van der Waals surface area contributed by atoms with E-state index in [0.29, 0.717) is 28.0 Å². The van der Waals surface area contributed by atoms with Crippen LogP contribution < -0.4 is 5.56 Å². The summed E-state index contributed by atoms with van der Waals surface area (Å²) >= 11 is 0. The van der Waals surface area contributed by atoms with E-state index in [1.807, 2.05) is 0 Å². The summed E-state index contributed by atoms with van der Waals surface area (Å²) in [4.78, 5) is 39.4. The number of hydrogen-bond acceptors (Lipinski definition) is 5. The Bertz CT molecular complexity index is 1310. The van der Waals surface area contributed by atoms with Crippen LogP contribution >= 0.6 is 0 Å². The molecule has 3 aromatic carbocycles. The SMILES string of the molecule is O=C(O)c1ccc(-n2c(-c3ccc([N+](=O)[O-])cc3)nc3ccccc3c2=O)cc1. The number of rotatable bonds is 4. The molecule has 0 aliphatic rings. The van der Waals surface area contributed by atoms with Gasteiger partial charge in [0.15, 0.2) is 0 Å². The molecule has 1 N–H and O–H groups in total. The molecule has 0 spiro atoms. The fourth-order valence-corrected chi connectivity index (χ4v) is 3.05. The molecular weight excluding hydrogens is 374 g/mol. The maximum atomic E-state index is 13.2. The van der Waals surface area contributed by atoms with Crippen LogP contribution in [0.25, 0.3) is 28.0 Å². The molecule has 29 heavy (non-hydrogen) atoms. The third-order valence-corrected chi connectivity index (χ3v) is 4.48. The van der Waals surface area contributed by atoms with E-state index in [-0.39, 0.29) is 16.8 Å². The van der Waals surface area contributed by atoms with E-state index < -0.39 is 10.9 Å². The number of benzene rings is 3. The molecule has 0 aliphatic heterocycles. The van der Waals surface area contributed by atoms with E-state index in [0.717, 1.165) is 0 Å². The summed E-state index contributed by atoms with van der Waals surface area (Å²) in [5.74, 6) is -0.775. The van der Waals surface area contributed by atoms with Gasteiger partial charge in [-0.2, -0.15) is 0 Å². The number of nitrogens with zero attached hydrogens (tertiary/aromatic N) is 3. The lowest BCUT2D eigenvalue weighted by molar-refractivity contribution is -0.384. The van der Waals surface area contributed by atoms with Crippen LogP contribution in [0.15, 0.2) is 77.6 Å². The molecular formula is C21H13N3O5. The topological polar surface area (TPSA) is 115 Å². The first kappa shape index (κ1) is 18.1. The minimum absolute atomic E-state index is 0.0748. The number of hydrogen-bond donors (Lipinski definition) is 1. The van der Waals surface area contributed by atoms with Gasteiger partial charge in [0.2, 0.25) is 0 Å². The van der Waals surface area contributed by atoms with Gasteiger partial charge in [-0.15, -0.1) is 0 Å². The van der Waals surface area contributed by atoms with Crippen molar-refractivity contribution < 1.29 is 14.8 Å². The summed E-state index contributed by atoms with van der Waals surface area (Å²) in [6.07, 6.45) is 0. The van der Waals surface area contributed by atoms with Crippen LogP contribution in [-0.2, 0) is 0 Å². The van der Waals surface area contributed by atoms with Crippen LogP contribution in [0.2, 0.25) is 0 Å². The highest BCUT2D eigenvalue weighted by atomic mass is 16.6. The first-order chi connectivity index (χ1) is 14.0. The van der Waals surface area contributed by atoms with Gasteiger partial charge in [0.1, 0.15) is 5.82 Å². The number of nitro groups is 1. The number of non-ortho nitro benzene ring substituents is 1. The van der Waals surface area contributed by atoms with Gasteiger partial charge in [-0.1, -0.05) is 12.1 Å². The monoisotopic (exact) mass is 387 g/mol. The Kier molecular flexibility index (Phi) is 4.36. The number of carboxylic acid groups (broad SMARTS) is 1. The molecule has 0 saturated heterocycles. The fourth-order valence-electron chi connectivity index (χ4n) is 3.05. The van der Waals surface area contributed by atoms with Crippen molar-refractivity contribution in [2.24, 2.45) is 0 Å². The van der Waals surface area contributed by atoms with Gasteiger partial charge in [-0.25, -0.2) is 9.78 Å². The van der Waals surface area contributed by atoms with Crippen molar-refractivity contribution in [3.8, 4) is 17.1 Å². The van der Waals surface area contributed by atoms with Crippen LogP contribution in [0.4, 0.5) is 5.69 Å². The van der Waals surface area contributed by atoms with Gasteiger partial charge >= 0.3 is 5.97 Å². The predicted octanol–water partition coefficient (Wildman–Crippen LogP) is 3.66. The lowest BCUT2D eigenvalue weighted by atomic mass is 10.1. The second-order valence-corrected chi connectivity index (χ2v) is 6.25. The molecule has 0 saturated carbocycles. The number of para-hydroxylation sites is 1. The van der Waals surface area contributed by atoms with Gasteiger partial charge in [0.25, 0.3) is 11.2 Å². The van der Waals surface area contributed by atoms with E-state index in [1.165, 1.54) is 53.1 Å². The molecule has 4 aromatic rings. The van der Waals surface area contributed by atoms with Gasteiger partial charge in [-0.3, -0.25) is 19.5 Å². The van der Waals surface area contributed by atoms with E-state index in [9.17, 15) is 19.7 Å². The number of aromatic carboxylic acids is 1. The maximum Gasteiger partial charge on any atom is 0.335 e. The average molecular weight is 387 g/mol. The molecule has 0 unspecified atom stereocenters. The molecule has 8 heteroatoms. The van der Waals surface area contributed by atoms with E-state index in [2.05, 4.69) is 4.98 Å². The minimum atomic E-state index is -1.07. The maximum absolute atomic E-state index is 13.2. The number of carbonyl (C=O) groups is 1. The molecule has 4 rings (SSSR count). The van der Waals surface area contributed by atoms with Gasteiger partial charge in [0.05, 0.1) is 27.1 Å². The Labute approximate surface area is 163 Å². The summed E-state index contributed by atoms with van der Waals surface area (Å²) in [7, 11) is 0. The zero-order valence-corrected chi connectivity index (χ0v) is 14.9. The summed E-state index contributed by atoms with van der Waals surface area (Å²) < 4.78 is 1.37. The Morgan fingerprint density at radius 1 is 0.966 bits per heavy atom. The normalized spacial score (nSPS) is 10.8. The van der Waals surface area contributed by atoms with E-state index in [4.69, 9.17) is 5.11 Å². The van der Waals surface area contributed by atoms with Crippen molar-refractivity contribution in [2.45, 2.75) is 0 Å². The largest absolute Gasteiger partial charge is 0.478 e. The lowest BCUT2D eigenvalue weighted by Gasteiger charge is -2.14. The number of nitro benzene ring substituents is 1. The molecule has 142 valence electrons. The van der Waals surface area contributed by atoms with E-state index in [1.54, 1.807) is 24.3 Å². The third-order valence-electron chi connectivity index (χ3n) is 4.48. The third kappa shape index (κ3) is 3.23. The first-order valence-electron chi connectivity index (χ1n) is 8.56. The van der Waals surface area contributed by atoms with Crippen LogP contribution in [0.1, 0.15) is 10.4 Å². The zero-order chi connectivity index (χ0) is 20.5. The highest BCUT2D eigenvalue weighted by molar-refractivity contribution is 5.88. The molecule has 1 aromatic heterocycles. The van der Waals surface area contributed by atoms with Crippen molar-refractivity contribution in [3.05, 3.63) is 98.8 Å². The average Bonchev–Trinajstić information content (AvgIpc) is 2.74. The quantitative estimate of drug-likeness (QED) is 0.422. The molecule has 1 heterocycles. The van der Waals surface area contributed by atoms with Gasteiger partial charge < -0.3 is 5.11 Å². The van der Waals surface area contributed by atoms with Gasteiger partial charge in [-0.05, 0) is 48.5 Å². The zero-order valence-electron chi connectivity index (χ0n) is 14.9. The second kappa shape index (κ2) is 7.01. The molecule has 0 amide bonds. The van der Waals surface area contributed by atoms with Crippen molar-refractivity contribution in [3.63, 3.8) is 0 Å². The molecule has 0 fully saturated rings. The molecule has 0 atom stereocenters. The molecule has 0 aliphatic carbocycles. The van der Waals surface area contributed by atoms with Crippen LogP contribution in [0.5, 0.6) is 0 Å². The van der Waals surface area contributed by atoms with Crippen molar-refractivity contribution in [2.75, 3.05) is 0 Å². The smallest absolute Gasteiger partial charge is 0.335 e. The highest BCUT2D eigenvalue weighted by Gasteiger charge is 2.16. The standard InChI is InChI=1S/C21H13N3O5/c25-20-17-3-1-2-4-18(17)22-19(13-5-11-16(12-6-13)24(28)29)23(20)15-9-7-14(8-10-15)21(26)27/h1-12H,(H,26,27). The highest BCUT2D eigenvalue weighted by Crippen LogP contribution is 2.24. The van der Waals surface area contributed by atoms with Crippen LogP contribution in [-0.4, -0.2) is 25.6 Å². The summed E-state index contributed by atoms with van der Waals surface area (Å²) in [6, 6.07) is 18.5. The van der Waals surface area contributed by atoms with Crippen LogP contribution in [0.3, 0.4) is 0 Å². The first-order valence-corrected chi connectivity index (χ1v) is 8.56. The Morgan fingerprint density at radius 2 is 1.62 bits per heavy atom. The molecule has 0 radical (unpaired) electrons. The second-order valence-electron chi connectivity index (χ2n) is 6.25. The summed E-state index contributed by atoms with van der Waals surface area (Å²) in [5.41, 5.74) is 1.13. The Hall–Kier alpha value is -4.33. The lowest BCUT2D eigenvalue weighted by Crippen LogP contribution is -2.22. The molecule has 0 bridgehead atoms. The minimum Gasteiger partial charge on any atom is -0.478 e.